The molecule has 0 saturated heterocycles. The van der Waals surface area contributed by atoms with Gasteiger partial charge in [0.2, 0.25) is 5.91 Å². The fourth-order valence-electron chi connectivity index (χ4n) is 3.82. The molecule has 38 heavy (non-hydrogen) atoms. The van der Waals surface area contributed by atoms with Crippen LogP contribution in [0.4, 0.5) is 4.39 Å². The van der Waals surface area contributed by atoms with Crippen LogP contribution >= 0.6 is 0 Å². The first-order valence-corrected chi connectivity index (χ1v) is 12.4. The zero-order valence-electron chi connectivity index (χ0n) is 21.6. The van der Waals surface area contributed by atoms with E-state index in [0.717, 1.165) is 6.42 Å². The largest absolute Gasteiger partial charge is 0.508 e. The monoisotopic (exact) mass is 520 g/mol. The molecule has 0 atom stereocenters. The van der Waals surface area contributed by atoms with Gasteiger partial charge in [0.25, 0.3) is 5.91 Å². The number of nitrogens with one attached hydrogen (secondary N) is 2. The SMILES string of the molecule is COc1cc(/C=C(\C(=O)NCCCCCC(=O)NCc2ccccc2O)c2ccc(F)cc2)cc(OC)c1. The van der Waals surface area contributed by atoms with Crippen LogP contribution in [0.25, 0.3) is 11.6 Å². The summed E-state index contributed by atoms with van der Waals surface area (Å²) < 4.78 is 24.2. The van der Waals surface area contributed by atoms with Crippen LogP contribution in [0.2, 0.25) is 0 Å². The van der Waals surface area contributed by atoms with E-state index in [9.17, 15) is 19.1 Å². The second-order valence-corrected chi connectivity index (χ2v) is 8.68. The number of unbranched alkanes of at least 4 members (excludes halogenated alkanes) is 2. The van der Waals surface area contributed by atoms with Crippen molar-refractivity contribution in [3.05, 3.63) is 89.2 Å². The second kappa shape index (κ2) is 14.4. The summed E-state index contributed by atoms with van der Waals surface area (Å²) in [7, 11) is 3.10. The van der Waals surface area contributed by atoms with Crippen molar-refractivity contribution in [2.24, 2.45) is 0 Å². The number of aromatic hydroxyl groups is 1. The summed E-state index contributed by atoms with van der Waals surface area (Å²) in [6, 6.07) is 17.9. The third-order valence-corrected chi connectivity index (χ3v) is 5.92. The van der Waals surface area contributed by atoms with Crippen LogP contribution in [-0.2, 0) is 16.1 Å². The third-order valence-electron chi connectivity index (χ3n) is 5.92. The Kier molecular flexibility index (Phi) is 10.7. The number of ether oxygens (including phenoxy) is 2. The number of carbonyl (C=O) groups is 2. The zero-order valence-corrected chi connectivity index (χ0v) is 21.6. The van der Waals surface area contributed by atoms with E-state index in [4.69, 9.17) is 9.47 Å². The summed E-state index contributed by atoms with van der Waals surface area (Å²) in [6.07, 6.45) is 4.20. The van der Waals surface area contributed by atoms with Crippen LogP contribution in [0, 0.1) is 5.82 Å². The Morgan fingerprint density at radius 2 is 1.58 bits per heavy atom. The van der Waals surface area contributed by atoms with Gasteiger partial charge in [0.1, 0.15) is 23.1 Å². The second-order valence-electron chi connectivity index (χ2n) is 8.68. The average molecular weight is 521 g/mol. The fraction of sp³-hybridized carbons (Fsp3) is 0.267. The number of benzene rings is 3. The van der Waals surface area contributed by atoms with E-state index < -0.39 is 0 Å². The molecule has 0 aromatic heterocycles. The number of phenolic OH excluding ortho intramolecular Hbond substituents is 1. The van der Waals surface area contributed by atoms with Gasteiger partial charge in [-0.15, -0.1) is 0 Å². The van der Waals surface area contributed by atoms with Crippen LogP contribution in [0.15, 0.2) is 66.7 Å². The molecule has 3 aromatic rings. The third kappa shape index (κ3) is 8.65. The molecule has 8 heteroatoms. The van der Waals surface area contributed by atoms with Crippen molar-refractivity contribution in [2.75, 3.05) is 20.8 Å². The van der Waals surface area contributed by atoms with E-state index in [1.165, 1.54) is 12.1 Å². The van der Waals surface area contributed by atoms with Gasteiger partial charge in [0.05, 0.1) is 14.2 Å². The molecule has 0 aliphatic heterocycles. The number of methoxy groups -OCH3 is 2. The lowest BCUT2D eigenvalue weighted by Gasteiger charge is -2.11. The van der Waals surface area contributed by atoms with Crippen LogP contribution in [-0.4, -0.2) is 37.7 Å². The zero-order chi connectivity index (χ0) is 27.3. The van der Waals surface area contributed by atoms with Crippen LogP contribution < -0.4 is 20.1 Å². The molecule has 200 valence electrons. The molecule has 0 bridgehead atoms. The highest BCUT2D eigenvalue weighted by atomic mass is 19.1. The van der Waals surface area contributed by atoms with Gasteiger partial charge in [0, 0.05) is 36.7 Å². The molecular weight excluding hydrogens is 487 g/mol. The van der Waals surface area contributed by atoms with Crippen molar-refractivity contribution in [3.8, 4) is 17.2 Å². The predicted octanol–water partition coefficient (Wildman–Crippen LogP) is 5.08. The molecule has 3 N–H and O–H groups in total. The number of carbonyl (C=O) groups excluding carboxylic acids is 2. The molecule has 3 rings (SSSR count). The van der Waals surface area contributed by atoms with Crippen molar-refractivity contribution in [3.63, 3.8) is 0 Å². The summed E-state index contributed by atoms with van der Waals surface area (Å²) in [5.74, 6) is 0.550. The predicted molar refractivity (Wildman–Crippen MR) is 145 cm³/mol. The van der Waals surface area contributed by atoms with Crippen LogP contribution in [0.3, 0.4) is 0 Å². The van der Waals surface area contributed by atoms with E-state index in [0.29, 0.717) is 59.6 Å². The summed E-state index contributed by atoms with van der Waals surface area (Å²) in [5.41, 5.74) is 2.32. The van der Waals surface area contributed by atoms with Gasteiger partial charge in [-0.2, -0.15) is 0 Å². The quantitative estimate of drug-likeness (QED) is 0.166. The first-order valence-electron chi connectivity index (χ1n) is 12.4. The van der Waals surface area contributed by atoms with Crippen LogP contribution in [0.1, 0.15) is 42.4 Å². The standard InChI is InChI=1S/C30H33FN2O5/c1-37-25-16-21(17-26(19-25)38-2)18-27(22-11-13-24(31)14-12-22)30(36)32-15-7-3-4-10-29(35)33-20-23-8-5-6-9-28(23)34/h5-6,8-9,11-14,16-19,34H,3-4,7,10,15,20H2,1-2H3,(H,32,36)(H,33,35)/b27-18-. The van der Waals surface area contributed by atoms with Crippen molar-refractivity contribution in [1.29, 1.82) is 0 Å². The number of para-hydroxylation sites is 1. The maximum absolute atomic E-state index is 13.5. The van der Waals surface area contributed by atoms with Gasteiger partial charge in [-0.25, -0.2) is 4.39 Å². The average Bonchev–Trinajstić information content (AvgIpc) is 2.93. The Morgan fingerprint density at radius 3 is 2.24 bits per heavy atom. The molecular formula is C30H33FN2O5. The Bertz CT molecular complexity index is 1240. The molecule has 0 heterocycles. The topological polar surface area (TPSA) is 96.9 Å². The summed E-state index contributed by atoms with van der Waals surface area (Å²) in [6.45, 7) is 0.706. The van der Waals surface area contributed by atoms with Gasteiger partial charge < -0.3 is 25.2 Å². The molecule has 0 saturated carbocycles. The number of hydrogen-bond acceptors (Lipinski definition) is 5. The van der Waals surface area contributed by atoms with Gasteiger partial charge in [-0.3, -0.25) is 9.59 Å². The van der Waals surface area contributed by atoms with Gasteiger partial charge in [-0.1, -0.05) is 36.8 Å². The number of hydrogen-bond donors (Lipinski definition) is 3. The van der Waals surface area contributed by atoms with Gasteiger partial charge in [-0.05, 0) is 60.4 Å². The minimum absolute atomic E-state index is 0.0902. The minimum atomic E-state index is -0.388. The Balaban J connectivity index is 1.53. The molecule has 0 spiro atoms. The Morgan fingerprint density at radius 1 is 0.895 bits per heavy atom. The Labute approximate surface area is 222 Å². The maximum atomic E-state index is 13.5. The van der Waals surface area contributed by atoms with Gasteiger partial charge >= 0.3 is 0 Å². The lowest BCUT2D eigenvalue weighted by molar-refractivity contribution is -0.121. The molecule has 0 aliphatic rings. The number of phenols is 1. The lowest BCUT2D eigenvalue weighted by Crippen LogP contribution is -2.25. The van der Waals surface area contributed by atoms with Gasteiger partial charge in [0.15, 0.2) is 0 Å². The summed E-state index contributed by atoms with van der Waals surface area (Å²) >= 11 is 0. The highest BCUT2D eigenvalue weighted by molar-refractivity contribution is 6.24. The van der Waals surface area contributed by atoms with Crippen molar-refractivity contribution < 1.29 is 28.6 Å². The van der Waals surface area contributed by atoms with Crippen molar-refractivity contribution >= 4 is 23.5 Å². The molecule has 0 fully saturated rings. The van der Waals surface area contributed by atoms with E-state index in [-0.39, 0.29) is 29.9 Å². The van der Waals surface area contributed by atoms with E-state index in [2.05, 4.69) is 10.6 Å². The summed E-state index contributed by atoms with van der Waals surface area (Å²) in [5, 5.41) is 15.5. The highest BCUT2D eigenvalue weighted by Gasteiger charge is 2.13. The molecule has 7 nitrogen and oxygen atoms in total. The normalized spacial score (nSPS) is 11.1. The first-order chi connectivity index (χ1) is 18.4. The molecule has 0 unspecified atom stereocenters. The van der Waals surface area contributed by atoms with E-state index in [1.807, 2.05) is 0 Å². The maximum Gasteiger partial charge on any atom is 0.251 e. The van der Waals surface area contributed by atoms with Crippen molar-refractivity contribution in [1.82, 2.24) is 10.6 Å². The lowest BCUT2D eigenvalue weighted by atomic mass is 10.0. The smallest absolute Gasteiger partial charge is 0.251 e. The summed E-state index contributed by atoms with van der Waals surface area (Å²) in [4.78, 5) is 25.2. The first kappa shape index (κ1) is 28.2. The molecule has 3 aromatic carbocycles. The fourth-order valence-corrected chi connectivity index (χ4v) is 3.82. The minimum Gasteiger partial charge on any atom is -0.508 e. The number of amides is 2. The van der Waals surface area contributed by atoms with E-state index in [1.54, 1.807) is 74.9 Å². The molecule has 0 aliphatic carbocycles. The Hall–Kier alpha value is -4.33. The van der Waals surface area contributed by atoms with Crippen molar-refractivity contribution in [2.45, 2.75) is 32.2 Å². The van der Waals surface area contributed by atoms with Crippen LogP contribution in [0.5, 0.6) is 17.2 Å². The number of rotatable bonds is 13. The number of halogens is 1. The van der Waals surface area contributed by atoms with E-state index >= 15 is 0 Å². The highest BCUT2D eigenvalue weighted by Crippen LogP contribution is 2.26. The molecule has 0 radical (unpaired) electrons. The molecule has 2 amide bonds.